The van der Waals surface area contributed by atoms with E-state index in [0.29, 0.717) is 6.54 Å². The van der Waals surface area contributed by atoms with Crippen molar-refractivity contribution in [1.29, 1.82) is 0 Å². The first-order chi connectivity index (χ1) is 12.8. The van der Waals surface area contributed by atoms with Gasteiger partial charge in [0.1, 0.15) is 5.01 Å². The molecule has 0 saturated heterocycles. The highest BCUT2D eigenvalue weighted by molar-refractivity contribution is 9.10. The van der Waals surface area contributed by atoms with Gasteiger partial charge in [-0.15, -0.1) is 11.3 Å². The smallest absolute Gasteiger partial charge is 0.243 e. The summed E-state index contributed by atoms with van der Waals surface area (Å²) in [6.45, 7) is 0.101. The van der Waals surface area contributed by atoms with Crippen LogP contribution in [0.2, 0.25) is 0 Å². The van der Waals surface area contributed by atoms with Gasteiger partial charge in [0.25, 0.3) is 0 Å². The second-order valence-electron chi connectivity index (χ2n) is 6.04. The predicted octanol–water partition coefficient (Wildman–Crippen LogP) is 3.34. The van der Waals surface area contributed by atoms with E-state index in [-0.39, 0.29) is 17.3 Å². The van der Waals surface area contributed by atoms with Crippen molar-refractivity contribution in [2.75, 3.05) is 20.6 Å². The van der Waals surface area contributed by atoms with E-state index >= 15 is 0 Å². The van der Waals surface area contributed by atoms with Crippen molar-refractivity contribution in [3.05, 3.63) is 58.0 Å². The van der Waals surface area contributed by atoms with Crippen LogP contribution in [0.25, 0.3) is 10.2 Å². The van der Waals surface area contributed by atoms with Crippen LogP contribution < -0.4 is 0 Å². The molecule has 1 aromatic heterocycles. The van der Waals surface area contributed by atoms with Crippen molar-refractivity contribution >= 4 is 53.4 Å². The lowest BCUT2D eigenvalue weighted by Crippen LogP contribution is -2.39. The molecule has 0 aliphatic heterocycles. The molecule has 0 aliphatic rings. The number of likely N-dealkylation sites (N-methyl/N-ethyl adjacent to an activating group) is 2. The maximum Gasteiger partial charge on any atom is 0.243 e. The first-order valence-electron chi connectivity index (χ1n) is 8.07. The second kappa shape index (κ2) is 8.05. The normalized spacial score (nSPS) is 11.9. The number of para-hydroxylation sites is 1. The fraction of sp³-hybridized carbons (Fsp3) is 0.222. The predicted molar refractivity (Wildman–Crippen MR) is 110 cm³/mol. The summed E-state index contributed by atoms with van der Waals surface area (Å²) in [4.78, 5) is 18.6. The number of hydrogen-bond donors (Lipinski definition) is 0. The Labute approximate surface area is 170 Å². The van der Waals surface area contributed by atoms with E-state index in [1.165, 1.54) is 35.4 Å². The van der Waals surface area contributed by atoms with Crippen LogP contribution in [0.3, 0.4) is 0 Å². The Bertz CT molecular complexity index is 1030. The van der Waals surface area contributed by atoms with Gasteiger partial charge < -0.3 is 4.90 Å². The van der Waals surface area contributed by atoms with Gasteiger partial charge in [0.15, 0.2) is 0 Å². The minimum atomic E-state index is -3.73. The lowest BCUT2D eigenvalue weighted by molar-refractivity contribution is -0.130. The van der Waals surface area contributed by atoms with Crippen LogP contribution in [-0.4, -0.2) is 49.2 Å². The Hall–Kier alpha value is -1.81. The van der Waals surface area contributed by atoms with Crippen LogP contribution in [0.4, 0.5) is 0 Å². The highest BCUT2D eigenvalue weighted by Gasteiger charge is 2.24. The number of thiazole rings is 1. The zero-order chi connectivity index (χ0) is 19.6. The van der Waals surface area contributed by atoms with E-state index in [0.717, 1.165) is 24.0 Å². The number of carbonyl (C=O) groups is 1. The average molecular weight is 468 g/mol. The van der Waals surface area contributed by atoms with E-state index in [1.54, 1.807) is 19.2 Å². The van der Waals surface area contributed by atoms with Crippen molar-refractivity contribution in [2.45, 2.75) is 11.4 Å². The van der Waals surface area contributed by atoms with Crippen LogP contribution in [0.5, 0.6) is 0 Å². The monoisotopic (exact) mass is 467 g/mol. The molecule has 27 heavy (non-hydrogen) atoms. The maximum absolute atomic E-state index is 12.6. The van der Waals surface area contributed by atoms with Crippen molar-refractivity contribution in [1.82, 2.24) is 14.2 Å². The van der Waals surface area contributed by atoms with Crippen molar-refractivity contribution in [3.63, 3.8) is 0 Å². The Morgan fingerprint density at radius 3 is 2.44 bits per heavy atom. The number of aromatic nitrogens is 1. The summed E-state index contributed by atoms with van der Waals surface area (Å²) < 4.78 is 28.1. The van der Waals surface area contributed by atoms with Crippen LogP contribution in [0.15, 0.2) is 57.9 Å². The van der Waals surface area contributed by atoms with Crippen LogP contribution in [0.1, 0.15) is 5.01 Å². The van der Waals surface area contributed by atoms with Crippen LogP contribution in [0, 0.1) is 0 Å². The lowest BCUT2D eigenvalue weighted by atomic mass is 10.3. The van der Waals surface area contributed by atoms with Crippen molar-refractivity contribution in [3.8, 4) is 0 Å². The first kappa shape index (κ1) is 19.9. The summed E-state index contributed by atoms with van der Waals surface area (Å²) >= 11 is 4.80. The summed E-state index contributed by atoms with van der Waals surface area (Å²) in [5.41, 5.74) is 0.897. The molecule has 3 rings (SSSR count). The Morgan fingerprint density at radius 1 is 1.11 bits per heavy atom. The zero-order valence-electron chi connectivity index (χ0n) is 14.8. The van der Waals surface area contributed by atoms with E-state index in [1.807, 2.05) is 24.3 Å². The van der Waals surface area contributed by atoms with Gasteiger partial charge in [0, 0.05) is 18.6 Å². The van der Waals surface area contributed by atoms with Gasteiger partial charge in [-0.25, -0.2) is 13.4 Å². The van der Waals surface area contributed by atoms with Gasteiger partial charge in [0.2, 0.25) is 15.9 Å². The van der Waals surface area contributed by atoms with Gasteiger partial charge >= 0.3 is 0 Å². The largest absolute Gasteiger partial charge is 0.338 e. The lowest BCUT2D eigenvalue weighted by Gasteiger charge is -2.21. The fourth-order valence-electron chi connectivity index (χ4n) is 2.46. The Kier molecular flexibility index (Phi) is 5.95. The topological polar surface area (TPSA) is 70.6 Å². The summed E-state index contributed by atoms with van der Waals surface area (Å²) in [6.07, 6.45) is 0. The van der Waals surface area contributed by atoms with E-state index in [2.05, 4.69) is 20.9 Å². The number of sulfonamides is 1. The van der Waals surface area contributed by atoms with Gasteiger partial charge in [0.05, 0.1) is 28.2 Å². The summed E-state index contributed by atoms with van der Waals surface area (Å²) in [5, 5.41) is 0.811. The number of nitrogens with zero attached hydrogens (tertiary/aromatic N) is 3. The third-order valence-corrected chi connectivity index (χ3v) is 7.38. The number of amides is 1. The highest BCUT2D eigenvalue weighted by Crippen LogP contribution is 2.22. The zero-order valence-corrected chi connectivity index (χ0v) is 18.0. The molecule has 0 spiro atoms. The van der Waals surface area contributed by atoms with Crippen molar-refractivity contribution in [2.24, 2.45) is 0 Å². The fourth-order valence-corrected chi connectivity index (χ4v) is 4.87. The SMILES string of the molecule is CN(Cc1nc2ccccc2s1)C(=O)CN(C)S(=O)(=O)c1ccc(Br)cc1. The molecule has 142 valence electrons. The molecule has 0 aliphatic carbocycles. The average Bonchev–Trinajstić information content (AvgIpc) is 3.04. The summed E-state index contributed by atoms with van der Waals surface area (Å²) in [5.74, 6) is -0.294. The summed E-state index contributed by atoms with van der Waals surface area (Å²) in [7, 11) is -0.675. The molecule has 0 bridgehead atoms. The molecule has 1 amide bonds. The molecule has 3 aromatic rings. The molecule has 0 unspecified atom stereocenters. The first-order valence-corrected chi connectivity index (χ1v) is 11.1. The third kappa shape index (κ3) is 4.55. The molecule has 0 N–H and O–H groups in total. The molecule has 9 heteroatoms. The molecular weight excluding hydrogens is 450 g/mol. The number of halogens is 1. The molecule has 0 atom stereocenters. The van der Waals surface area contributed by atoms with Gasteiger partial charge in [-0.1, -0.05) is 28.1 Å². The van der Waals surface area contributed by atoms with Crippen LogP contribution >= 0.6 is 27.3 Å². The molecular formula is C18H18BrN3O3S2. The van der Waals surface area contributed by atoms with Gasteiger partial charge in [-0.3, -0.25) is 4.79 Å². The number of carbonyl (C=O) groups excluding carboxylic acids is 1. The highest BCUT2D eigenvalue weighted by atomic mass is 79.9. The number of hydrogen-bond acceptors (Lipinski definition) is 5. The third-order valence-electron chi connectivity index (χ3n) is 4.02. The van der Waals surface area contributed by atoms with E-state index < -0.39 is 10.0 Å². The molecule has 2 aromatic carbocycles. The van der Waals surface area contributed by atoms with Gasteiger partial charge in [-0.2, -0.15) is 4.31 Å². The molecule has 1 heterocycles. The minimum Gasteiger partial charge on any atom is -0.338 e. The molecule has 0 fully saturated rings. The number of fused-ring (bicyclic) bond motifs is 1. The van der Waals surface area contributed by atoms with E-state index in [9.17, 15) is 13.2 Å². The Balaban J connectivity index is 1.67. The van der Waals surface area contributed by atoms with Gasteiger partial charge in [-0.05, 0) is 36.4 Å². The number of rotatable bonds is 6. The molecule has 6 nitrogen and oxygen atoms in total. The van der Waals surface area contributed by atoms with Crippen molar-refractivity contribution < 1.29 is 13.2 Å². The summed E-state index contributed by atoms with van der Waals surface area (Å²) in [6, 6.07) is 14.1. The van der Waals surface area contributed by atoms with Crippen LogP contribution in [-0.2, 0) is 21.4 Å². The molecule has 0 saturated carbocycles. The second-order valence-corrected chi connectivity index (χ2v) is 10.1. The molecule has 0 radical (unpaired) electrons. The minimum absolute atomic E-state index is 0.148. The number of benzene rings is 2. The quantitative estimate of drug-likeness (QED) is 0.557. The maximum atomic E-state index is 12.6. The van der Waals surface area contributed by atoms with E-state index in [4.69, 9.17) is 0 Å². The standard InChI is InChI=1S/C18H18BrN3O3S2/c1-21(11-17-20-15-5-3-4-6-16(15)26-17)18(23)12-22(2)27(24,25)14-9-7-13(19)8-10-14/h3-10H,11-12H2,1-2H3. The Morgan fingerprint density at radius 2 is 1.78 bits per heavy atom.